The number of aromatic nitrogens is 3. The average molecular weight is 273 g/mol. The molecule has 0 aliphatic rings. The van der Waals surface area contributed by atoms with E-state index in [0.29, 0.717) is 11.0 Å². The molecule has 19 heavy (non-hydrogen) atoms. The summed E-state index contributed by atoms with van der Waals surface area (Å²) in [6.45, 7) is 3.93. The van der Waals surface area contributed by atoms with Crippen molar-refractivity contribution >= 4 is 28.7 Å². The summed E-state index contributed by atoms with van der Waals surface area (Å²) in [6.07, 6.45) is 0. The fourth-order valence-electron chi connectivity index (χ4n) is 2.10. The highest BCUT2D eigenvalue weighted by Crippen LogP contribution is 2.27. The van der Waals surface area contributed by atoms with Crippen molar-refractivity contribution in [2.75, 3.05) is 5.73 Å². The lowest BCUT2D eigenvalue weighted by atomic mass is 10.2. The number of nitrogens with zero attached hydrogens (tertiary/aromatic N) is 3. The minimum Gasteiger partial charge on any atom is -0.369 e. The second kappa shape index (κ2) is 4.24. The molecule has 0 atom stereocenters. The van der Waals surface area contributed by atoms with Crippen LogP contribution in [0.25, 0.3) is 16.9 Å². The van der Waals surface area contributed by atoms with Crippen LogP contribution >= 0.6 is 11.6 Å². The molecule has 0 spiro atoms. The second-order valence-electron chi connectivity index (χ2n) is 4.56. The zero-order valence-corrected chi connectivity index (χ0v) is 11.4. The molecule has 2 heterocycles. The Morgan fingerprint density at radius 2 is 1.89 bits per heavy atom. The van der Waals surface area contributed by atoms with Crippen LogP contribution in [0.4, 0.5) is 5.95 Å². The van der Waals surface area contributed by atoms with Crippen LogP contribution in [0.5, 0.6) is 0 Å². The van der Waals surface area contributed by atoms with Gasteiger partial charge in [0.25, 0.3) is 0 Å². The normalized spacial score (nSPS) is 11.1. The molecule has 3 rings (SSSR count). The number of halogens is 1. The van der Waals surface area contributed by atoms with Gasteiger partial charge in [-0.15, -0.1) is 0 Å². The third-order valence-corrected chi connectivity index (χ3v) is 3.32. The van der Waals surface area contributed by atoms with Crippen LogP contribution in [0.15, 0.2) is 30.3 Å². The molecule has 2 aromatic heterocycles. The number of nitrogen functional groups attached to an aromatic ring is 1. The second-order valence-corrected chi connectivity index (χ2v) is 4.96. The van der Waals surface area contributed by atoms with Crippen molar-refractivity contribution in [2.45, 2.75) is 13.8 Å². The summed E-state index contributed by atoms with van der Waals surface area (Å²) in [5.74, 6) is 0.388. The average Bonchev–Trinajstić information content (AvgIpc) is 2.65. The predicted octanol–water partition coefficient (Wildman–Crippen LogP) is 3.27. The number of imidazole rings is 1. The lowest BCUT2D eigenvalue weighted by molar-refractivity contribution is 1.07. The van der Waals surface area contributed by atoms with Gasteiger partial charge in [0, 0.05) is 5.69 Å². The van der Waals surface area contributed by atoms with Gasteiger partial charge < -0.3 is 5.73 Å². The highest BCUT2D eigenvalue weighted by atomic mass is 35.5. The van der Waals surface area contributed by atoms with E-state index in [1.54, 1.807) is 4.57 Å². The van der Waals surface area contributed by atoms with Crippen molar-refractivity contribution in [2.24, 2.45) is 0 Å². The molecule has 3 aromatic rings. The third kappa shape index (κ3) is 1.94. The van der Waals surface area contributed by atoms with Crippen molar-refractivity contribution in [3.05, 3.63) is 46.6 Å². The molecule has 4 nitrogen and oxygen atoms in total. The molecule has 0 aliphatic carbocycles. The van der Waals surface area contributed by atoms with E-state index in [-0.39, 0.29) is 0 Å². The molecule has 5 heteroatoms. The van der Waals surface area contributed by atoms with Crippen LogP contribution in [0.2, 0.25) is 5.02 Å². The molecule has 2 N–H and O–H groups in total. The molecule has 0 bridgehead atoms. The van der Waals surface area contributed by atoms with E-state index >= 15 is 0 Å². The molecule has 0 radical (unpaired) electrons. The van der Waals surface area contributed by atoms with Gasteiger partial charge in [-0.05, 0) is 43.7 Å². The van der Waals surface area contributed by atoms with E-state index in [2.05, 4.69) is 9.97 Å². The minimum absolute atomic E-state index is 0.388. The Labute approximate surface area is 115 Å². The van der Waals surface area contributed by atoms with Crippen molar-refractivity contribution in [3.8, 4) is 5.69 Å². The summed E-state index contributed by atoms with van der Waals surface area (Å²) in [4.78, 5) is 8.81. The smallest absolute Gasteiger partial charge is 0.207 e. The van der Waals surface area contributed by atoms with Crippen molar-refractivity contribution in [3.63, 3.8) is 0 Å². The first-order valence-corrected chi connectivity index (χ1v) is 6.32. The molecular weight excluding hydrogens is 260 g/mol. The number of nitrogens with two attached hydrogens (primary N) is 1. The standard InChI is InChI=1S/C14H13ClN4/c1-8-3-6-12(10(15)7-8)19-13-11(18-14(19)16)5-4-9(2)17-13/h3-7H,1-2H3,(H2,16,18). The maximum atomic E-state index is 6.30. The van der Waals surface area contributed by atoms with Crippen LogP contribution < -0.4 is 5.73 Å². The molecular formula is C14H13ClN4. The van der Waals surface area contributed by atoms with Crippen molar-refractivity contribution < 1.29 is 0 Å². The highest BCUT2D eigenvalue weighted by Gasteiger charge is 2.13. The Morgan fingerprint density at radius 1 is 1.11 bits per heavy atom. The van der Waals surface area contributed by atoms with E-state index in [1.807, 2.05) is 44.2 Å². The summed E-state index contributed by atoms with van der Waals surface area (Å²) < 4.78 is 1.78. The van der Waals surface area contributed by atoms with Gasteiger partial charge in [-0.1, -0.05) is 17.7 Å². The number of hydrogen-bond donors (Lipinski definition) is 1. The van der Waals surface area contributed by atoms with Gasteiger partial charge in [0.1, 0.15) is 5.52 Å². The Balaban J connectivity index is 2.35. The van der Waals surface area contributed by atoms with Crippen molar-refractivity contribution in [1.29, 1.82) is 0 Å². The first kappa shape index (κ1) is 12.0. The van der Waals surface area contributed by atoms with Crippen LogP contribution in [-0.4, -0.2) is 14.5 Å². The number of hydrogen-bond acceptors (Lipinski definition) is 3. The Bertz CT molecular complexity index is 776. The van der Waals surface area contributed by atoms with Crippen LogP contribution in [0.1, 0.15) is 11.3 Å². The quantitative estimate of drug-likeness (QED) is 0.740. The van der Waals surface area contributed by atoms with E-state index in [4.69, 9.17) is 17.3 Å². The topological polar surface area (TPSA) is 56.7 Å². The van der Waals surface area contributed by atoms with Gasteiger partial charge in [-0.3, -0.25) is 4.57 Å². The van der Waals surface area contributed by atoms with Crippen LogP contribution in [0, 0.1) is 13.8 Å². The number of aryl methyl sites for hydroxylation is 2. The Kier molecular flexibility index (Phi) is 2.68. The molecule has 0 unspecified atom stereocenters. The predicted molar refractivity (Wildman–Crippen MR) is 77.8 cm³/mol. The summed E-state index contributed by atoms with van der Waals surface area (Å²) in [5, 5.41) is 0.634. The fourth-order valence-corrected chi connectivity index (χ4v) is 2.42. The first-order valence-electron chi connectivity index (χ1n) is 5.94. The lowest BCUT2D eigenvalue weighted by Crippen LogP contribution is -2.02. The number of pyridine rings is 1. The largest absolute Gasteiger partial charge is 0.369 e. The van der Waals surface area contributed by atoms with E-state index < -0.39 is 0 Å². The Hall–Kier alpha value is -2.07. The van der Waals surface area contributed by atoms with Gasteiger partial charge >= 0.3 is 0 Å². The molecule has 0 saturated carbocycles. The minimum atomic E-state index is 0.388. The van der Waals surface area contributed by atoms with E-state index in [9.17, 15) is 0 Å². The SMILES string of the molecule is Cc1ccc(-n2c(N)nc3ccc(C)nc32)c(Cl)c1. The number of benzene rings is 1. The maximum absolute atomic E-state index is 6.30. The lowest BCUT2D eigenvalue weighted by Gasteiger charge is -2.09. The first-order chi connectivity index (χ1) is 9.06. The molecule has 0 amide bonds. The van der Waals surface area contributed by atoms with Crippen LogP contribution in [-0.2, 0) is 0 Å². The van der Waals surface area contributed by atoms with Gasteiger partial charge in [0.2, 0.25) is 5.95 Å². The van der Waals surface area contributed by atoms with Crippen molar-refractivity contribution in [1.82, 2.24) is 14.5 Å². The summed E-state index contributed by atoms with van der Waals surface area (Å²) in [7, 11) is 0. The summed E-state index contributed by atoms with van der Waals surface area (Å²) in [6, 6.07) is 9.64. The zero-order chi connectivity index (χ0) is 13.6. The van der Waals surface area contributed by atoms with Crippen LogP contribution in [0.3, 0.4) is 0 Å². The summed E-state index contributed by atoms with van der Waals surface area (Å²) >= 11 is 6.30. The molecule has 0 aliphatic heterocycles. The number of anilines is 1. The maximum Gasteiger partial charge on any atom is 0.207 e. The highest BCUT2D eigenvalue weighted by molar-refractivity contribution is 6.32. The van der Waals surface area contributed by atoms with Gasteiger partial charge in [0.05, 0.1) is 10.7 Å². The molecule has 0 saturated heterocycles. The van der Waals surface area contributed by atoms with Gasteiger partial charge in [-0.25, -0.2) is 9.97 Å². The summed E-state index contributed by atoms with van der Waals surface area (Å²) in [5.41, 5.74) is 10.3. The fraction of sp³-hybridized carbons (Fsp3) is 0.143. The van der Waals surface area contributed by atoms with Gasteiger partial charge in [0.15, 0.2) is 5.65 Å². The van der Waals surface area contributed by atoms with E-state index in [1.165, 1.54) is 0 Å². The number of rotatable bonds is 1. The molecule has 0 fully saturated rings. The van der Waals surface area contributed by atoms with Gasteiger partial charge in [-0.2, -0.15) is 0 Å². The Morgan fingerprint density at radius 3 is 2.63 bits per heavy atom. The van der Waals surface area contributed by atoms with E-state index in [0.717, 1.165) is 28.1 Å². The third-order valence-electron chi connectivity index (χ3n) is 3.01. The molecule has 96 valence electrons. The monoisotopic (exact) mass is 272 g/mol. The molecule has 1 aromatic carbocycles. The number of fused-ring (bicyclic) bond motifs is 1. The zero-order valence-electron chi connectivity index (χ0n) is 10.7.